The second-order valence-corrected chi connectivity index (χ2v) is 20.0. The molecule has 0 aromatic heterocycles. The summed E-state index contributed by atoms with van der Waals surface area (Å²) in [4.78, 5) is 35.5. The standard InChI is InChI=1S/C50H98NO8P/c1-6-8-10-12-14-16-18-20-22-24-25-27-29-31-33-35-37-39-41-43-50(53)59-48(47-58-60(54,55)57-45-44-51(3,4)5)46-56-49(52)42-40-38-36-34-32-30-28-26-23-21-19-17-15-13-11-9-7-2/h20,22,48H,6-19,21,23-47H2,1-5H3/p+1/b22-20+/t48-/m1/s1. The summed E-state index contributed by atoms with van der Waals surface area (Å²) in [6.45, 7) is 4.47. The molecule has 0 radical (unpaired) electrons. The second-order valence-electron chi connectivity index (χ2n) is 18.6. The quantitative estimate of drug-likeness (QED) is 0.0212. The van der Waals surface area contributed by atoms with Crippen molar-refractivity contribution in [1.29, 1.82) is 0 Å². The Morgan fingerprint density at radius 3 is 1.23 bits per heavy atom. The zero-order valence-corrected chi connectivity index (χ0v) is 41.1. The van der Waals surface area contributed by atoms with E-state index in [4.69, 9.17) is 18.5 Å². The van der Waals surface area contributed by atoms with Gasteiger partial charge in [0.25, 0.3) is 0 Å². The molecule has 0 aliphatic rings. The summed E-state index contributed by atoms with van der Waals surface area (Å²) < 4.78 is 34.5. The number of likely N-dealkylation sites (N-methyl/N-ethyl adjacent to an activating group) is 1. The third-order valence-electron chi connectivity index (χ3n) is 11.3. The molecule has 0 aliphatic carbocycles. The average molecular weight is 873 g/mol. The van der Waals surface area contributed by atoms with Crippen LogP contribution >= 0.6 is 7.82 Å². The van der Waals surface area contributed by atoms with Crippen LogP contribution in [0.5, 0.6) is 0 Å². The van der Waals surface area contributed by atoms with E-state index in [0.29, 0.717) is 23.9 Å². The van der Waals surface area contributed by atoms with Gasteiger partial charge in [0.15, 0.2) is 6.10 Å². The van der Waals surface area contributed by atoms with Crippen LogP contribution < -0.4 is 0 Å². The molecule has 0 amide bonds. The zero-order valence-electron chi connectivity index (χ0n) is 40.2. The van der Waals surface area contributed by atoms with E-state index < -0.39 is 26.5 Å². The maximum absolute atomic E-state index is 12.7. The Bertz CT molecular complexity index is 1030. The summed E-state index contributed by atoms with van der Waals surface area (Å²) >= 11 is 0. The van der Waals surface area contributed by atoms with E-state index in [1.807, 2.05) is 21.1 Å². The highest BCUT2D eigenvalue weighted by Crippen LogP contribution is 2.43. The lowest BCUT2D eigenvalue weighted by atomic mass is 10.0. The highest BCUT2D eigenvalue weighted by Gasteiger charge is 2.27. The molecular weight excluding hydrogens is 774 g/mol. The molecule has 0 bridgehead atoms. The normalized spacial score (nSPS) is 13.5. The number of carbonyl (C=O) groups excluding carboxylic acids is 2. The van der Waals surface area contributed by atoms with Gasteiger partial charge in [0.2, 0.25) is 0 Å². The Kier molecular flexibility index (Phi) is 42.1. The zero-order chi connectivity index (χ0) is 44.3. The lowest BCUT2D eigenvalue weighted by molar-refractivity contribution is -0.870. The summed E-state index contributed by atoms with van der Waals surface area (Å²) in [5.41, 5.74) is 0. The Labute approximate surface area is 371 Å². The largest absolute Gasteiger partial charge is 0.472 e. The highest BCUT2D eigenvalue weighted by atomic mass is 31.2. The number of esters is 2. The molecule has 0 spiro atoms. The smallest absolute Gasteiger partial charge is 0.462 e. The Balaban J connectivity index is 4.23. The van der Waals surface area contributed by atoms with Crippen molar-refractivity contribution in [2.45, 2.75) is 251 Å². The number of nitrogens with zero attached hydrogens (tertiary/aromatic N) is 1. The Morgan fingerprint density at radius 2 is 0.850 bits per heavy atom. The van der Waals surface area contributed by atoms with Gasteiger partial charge < -0.3 is 18.9 Å². The number of quaternary nitrogens is 1. The molecule has 60 heavy (non-hydrogen) atoms. The third kappa shape index (κ3) is 46.3. The van der Waals surface area contributed by atoms with Crippen LogP contribution in [0.3, 0.4) is 0 Å². The third-order valence-corrected chi connectivity index (χ3v) is 12.3. The summed E-state index contributed by atoms with van der Waals surface area (Å²) in [6, 6.07) is 0. The Morgan fingerprint density at radius 1 is 0.500 bits per heavy atom. The number of hydrogen-bond acceptors (Lipinski definition) is 7. The number of ether oxygens (including phenoxy) is 2. The predicted octanol–water partition coefficient (Wildman–Crippen LogP) is 14.9. The molecule has 0 fully saturated rings. The van der Waals surface area contributed by atoms with Crippen LogP contribution in [0.15, 0.2) is 12.2 Å². The van der Waals surface area contributed by atoms with Crippen molar-refractivity contribution in [2.75, 3.05) is 47.5 Å². The monoisotopic (exact) mass is 873 g/mol. The van der Waals surface area contributed by atoms with Crippen LogP contribution in [0.4, 0.5) is 0 Å². The summed E-state index contributed by atoms with van der Waals surface area (Å²) in [5, 5.41) is 0. The number of phosphoric ester groups is 1. The van der Waals surface area contributed by atoms with Gasteiger partial charge in [0, 0.05) is 12.8 Å². The van der Waals surface area contributed by atoms with Crippen LogP contribution in [0.25, 0.3) is 0 Å². The van der Waals surface area contributed by atoms with Crippen LogP contribution in [-0.4, -0.2) is 74.9 Å². The lowest BCUT2D eigenvalue weighted by Gasteiger charge is -2.24. The van der Waals surface area contributed by atoms with E-state index in [2.05, 4.69) is 26.0 Å². The maximum atomic E-state index is 12.7. The van der Waals surface area contributed by atoms with E-state index in [1.165, 1.54) is 180 Å². The second kappa shape index (κ2) is 43.0. The van der Waals surface area contributed by atoms with Crippen molar-refractivity contribution in [1.82, 2.24) is 0 Å². The molecule has 2 atom stereocenters. The summed E-state index contributed by atoms with van der Waals surface area (Å²) in [5.74, 6) is -0.786. The molecular formula is C50H99NO8P+. The fourth-order valence-electron chi connectivity index (χ4n) is 7.31. The van der Waals surface area contributed by atoms with E-state index in [9.17, 15) is 19.0 Å². The van der Waals surface area contributed by atoms with Crippen molar-refractivity contribution in [3.63, 3.8) is 0 Å². The number of hydrogen-bond donors (Lipinski definition) is 1. The molecule has 0 saturated carbocycles. The molecule has 1 unspecified atom stereocenters. The summed E-state index contributed by atoms with van der Waals surface area (Å²) in [6.07, 6.45) is 46.8. The average Bonchev–Trinajstić information content (AvgIpc) is 3.20. The number of carbonyl (C=O) groups is 2. The fourth-order valence-corrected chi connectivity index (χ4v) is 8.05. The lowest BCUT2D eigenvalue weighted by Crippen LogP contribution is -2.37. The van der Waals surface area contributed by atoms with Gasteiger partial charge in [0.05, 0.1) is 27.7 Å². The topological polar surface area (TPSA) is 108 Å². The van der Waals surface area contributed by atoms with Gasteiger partial charge in [-0.15, -0.1) is 0 Å². The first-order valence-electron chi connectivity index (χ1n) is 25.4. The van der Waals surface area contributed by atoms with Crippen LogP contribution in [0.1, 0.15) is 245 Å². The molecule has 10 heteroatoms. The first-order chi connectivity index (χ1) is 29.0. The van der Waals surface area contributed by atoms with E-state index in [-0.39, 0.29) is 25.6 Å². The first-order valence-corrected chi connectivity index (χ1v) is 26.9. The van der Waals surface area contributed by atoms with Gasteiger partial charge >= 0.3 is 19.8 Å². The number of allylic oxidation sites excluding steroid dienone is 2. The van der Waals surface area contributed by atoms with Crippen LogP contribution in [-0.2, 0) is 32.7 Å². The number of unbranched alkanes of at least 4 members (excludes halogenated alkanes) is 31. The minimum atomic E-state index is -4.37. The molecule has 0 heterocycles. The van der Waals surface area contributed by atoms with Crippen molar-refractivity contribution in [2.24, 2.45) is 0 Å². The van der Waals surface area contributed by atoms with Gasteiger partial charge in [0.1, 0.15) is 19.8 Å². The fraction of sp³-hybridized carbons (Fsp3) is 0.920. The number of phosphoric acid groups is 1. The van der Waals surface area contributed by atoms with Gasteiger partial charge in [-0.25, -0.2) is 4.57 Å². The predicted molar refractivity (Wildman–Crippen MR) is 252 cm³/mol. The molecule has 9 nitrogen and oxygen atoms in total. The molecule has 1 N–H and O–H groups in total. The molecule has 0 aromatic carbocycles. The van der Waals surface area contributed by atoms with Crippen molar-refractivity contribution in [3.8, 4) is 0 Å². The van der Waals surface area contributed by atoms with E-state index >= 15 is 0 Å². The highest BCUT2D eigenvalue weighted by molar-refractivity contribution is 7.47. The minimum absolute atomic E-state index is 0.0348. The van der Waals surface area contributed by atoms with Gasteiger partial charge in [-0.2, -0.15) is 0 Å². The van der Waals surface area contributed by atoms with Crippen molar-refractivity contribution >= 4 is 19.8 Å². The van der Waals surface area contributed by atoms with Gasteiger partial charge in [-0.1, -0.05) is 206 Å². The minimum Gasteiger partial charge on any atom is -0.462 e. The van der Waals surface area contributed by atoms with Gasteiger partial charge in [-0.05, 0) is 38.5 Å². The van der Waals surface area contributed by atoms with Gasteiger partial charge in [-0.3, -0.25) is 18.6 Å². The van der Waals surface area contributed by atoms with E-state index in [1.54, 1.807) is 0 Å². The van der Waals surface area contributed by atoms with Crippen molar-refractivity contribution < 1.29 is 42.1 Å². The first kappa shape index (κ1) is 58.8. The molecule has 0 rings (SSSR count). The van der Waals surface area contributed by atoms with Crippen molar-refractivity contribution in [3.05, 3.63) is 12.2 Å². The molecule has 0 aliphatic heterocycles. The van der Waals surface area contributed by atoms with E-state index in [0.717, 1.165) is 32.1 Å². The molecule has 356 valence electrons. The van der Waals surface area contributed by atoms with Crippen LogP contribution in [0, 0.1) is 0 Å². The summed E-state index contributed by atoms with van der Waals surface area (Å²) in [7, 11) is 1.49. The SMILES string of the molecule is CCCCCCCC/C=C/CCCCCCCCCCCC(=O)O[C@H](COC(=O)CCCCCCCCCCCCCCCCCCC)COP(=O)(O)OCC[N+](C)(C)C. The Hall–Kier alpha value is -1.25. The molecule has 0 aromatic rings. The maximum Gasteiger partial charge on any atom is 0.472 e. The number of rotatable bonds is 47. The molecule has 0 saturated heterocycles. The van der Waals surface area contributed by atoms with Crippen LogP contribution in [0.2, 0.25) is 0 Å².